The number of carbonyl (C=O) groups is 2. The molecule has 3 heterocycles. The van der Waals surface area contributed by atoms with Gasteiger partial charge in [0, 0.05) is 43.2 Å². The topological polar surface area (TPSA) is 125 Å². The number of benzene rings is 2. The predicted octanol–water partition coefficient (Wildman–Crippen LogP) is 3.53. The molecule has 10 heteroatoms. The number of primary amides is 1. The second kappa shape index (κ2) is 10.4. The summed E-state index contributed by atoms with van der Waals surface area (Å²) in [6.45, 7) is 3.57. The fourth-order valence-corrected chi connectivity index (χ4v) is 5.35. The van der Waals surface area contributed by atoms with Crippen LogP contribution in [0.3, 0.4) is 0 Å². The van der Waals surface area contributed by atoms with Crippen molar-refractivity contribution in [2.24, 2.45) is 18.7 Å². The predicted molar refractivity (Wildman–Crippen MR) is 144 cm³/mol. The molecule has 5 rings (SSSR count). The number of aromatic nitrogens is 3. The molecule has 1 fully saturated rings. The number of aryl methyl sites for hydroxylation is 1. The second-order valence-corrected chi connectivity index (χ2v) is 9.98. The molecule has 0 aliphatic carbocycles. The maximum absolute atomic E-state index is 13.5. The minimum Gasteiger partial charge on any atom is -0.494 e. The first kappa shape index (κ1) is 25.6. The molecule has 1 aliphatic heterocycles. The number of rotatable bonds is 7. The van der Waals surface area contributed by atoms with Crippen LogP contribution in [0.2, 0.25) is 0 Å². The van der Waals surface area contributed by atoms with E-state index in [-0.39, 0.29) is 18.4 Å². The molecule has 0 saturated carbocycles. The lowest BCUT2D eigenvalue weighted by molar-refractivity contribution is 0.0373. The number of methoxy groups -OCH3 is 1. The number of imidazole rings is 1. The Morgan fingerprint density at radius 2 is 2.03 bits per heavy atom. The minimum atomic E-state index is -0.834. The van der Waals surface area contributed by atoms with Gasteiger partial charge in [-0.15, -0.1) is 0 Å². The molecule has 10 nitrogen and oxygen atoms in total. The Morgan fingerprint density at radius 1 is 1.24 bits per heavy atom. The average Bonchev–Trinajstić information content (AvgIpc) is 3.44. The summed E-state index contributed by atoms with van der Waals surface area (Å²) in [5.41, 5.74) is 9.04. The Hall–Kier alpha value is -4.05. The number of fused-ring (bicyclic) bond motifs is 2. The number of amides is 2. The fraction of sp³-hybridized carbons (Fsp3) is 0.393. The quantitative estimate of drug-likeness (QED) is 0.385. The van der Waals surface area contributed by atoms with Crippen molar-refractivity contribution in [2.45, 2.75) is 32.4 Å². The van der Waals surface area contributed by atoms with E-state index in [1.54, 1.807) is 24.1 Å². The number of piperidine rings is 1. The largest absolute Gasteiger partial charge is 0.494 e. The Labute approximate surface area is 220 Å². The van der Waals surface area contributed by atoms with Gasteiger partial charge >= 0.3 is 6.09 Å². The van der Waals surface area contributed by atoms with Crippen molar-refractivity contribution in [3.05, 3.63) is 48.0 Å². The van der Waals surface area contributed by atoms with Crippen LogP contribution in [0, 0.1) is 5.92 Å². The minimum absolute atomic E-state index is 0.0601. The molecule has 3 N–H and O–H groups in total. The molecular formula is C28H33N5O5. The first-order valence-corrected chi connectivity index (χ1v) is 12.8. The van der Waals surface area contributed by atoms with Crippen molar-refractivity contribution >= 4 is 33.9 Å². The summed E-state index contributed by atoms with van der Waals surface area (Å²) < 4.78 is 15.0. The molecule has 2 aromatic carbocycles. The standard InChI is InChI=1S/C28H33N5O5/c1-17(16-34)14-33-22-9-5-4-7-18(22)12-23(33)26-30-21-11-19(13-24(37-3)25(21)31(26)2)27(35)32-10-6-8-20(15-32)38-28(29)36/h4-5,7,9,11-13,17,20,34H,6,8,10,14-16H2,1-3H3,(H2,29,36). The van der Waals surface area contributed by atoms with Gasteiger partial charge < -0.3 is 34.3 Å². The van der Waals surface area contributed by atoms with E-state index < -0.39 is 12.2 Å². The third-order valence-electron chi connectivity index (χ3n) is 7.19. The van der Waals surface area contributed by atoms with Gasteiger partial charge in [-0.1, -0.05) is 25.1 Å². The SMILES string of the molecule is COc1cc(C(=O)N2CCCC(OC(N)=O)C2)cc2nc(-c3cc4ccccc4n3CC(C)CO)n(C)c12. The number of aliphatic hydroxyl groups is 1. The van der Waals surface area contributed by atoms with Gasteiger partial charge in [0.15, 0.2) is 5.82 Å². The lowest BCUT2D eigenvalue weighted by atomic mass is 10.1. The second-order valence-electron chi connectivity index (χ2n) is 9.98. The monoisotopic (exact) mass is 519 g/mol. The Morgan fingerprint density at radius 3 is 2.76 bits per heavy atom. The summed E-state index contributed by atoms with van der Waals surface area (Å²) in [5.74, 6) is 1.16. The first-order chi connectivity index (χ1) is 18.3. The van der Waals surface area contributed by atoms with E-state index in [0.717, 1.165) is 27.9 Å². The number of likely N-dealkylation sites (tertiary alicyclic amines) is 1. The van der Waals surface area contributed by atoms with Gasteiger partial charge in [-0.2, -0.15) is 0 Å². The first-order valence-electron chi connectivity index (χ1n) is 12.8. The van der Waals surface area contributed by atoms with Crippen LogP contribution in [-0.4, -0.2) is 69.0 Å². The van der Waals surface area contributed by atoms with Crippen LogP contribution in [-0.2, 0) is 18.3 Å². The zero-order valence-corrected chi connectivity index (χ0v) is 21.9. The fourth-order valence-electron chi connectivity index (χ4n) is 5.35. The third kappa shape index (κ3) is 4.67. The maximum Gasteiger partial charge on any atom is 0.404 e. The van der Waals surface area contributed by atoms with Crippen molar-refractivity contribution in [3.63, 3.8) is 0 Å². The highest BCUT2D eigenvalue weighted by molar-refractivity contribution is 6.00. The Balaban J connectivity index is 1.57. The molecule has 2 atom stereocenters. The molecule has 0 spiro atoms. The summed E-state index contributed by atoms with van der Waals surface area (Å²) in [4.78, 5) is 31.3. The number of aliphatic hydroxyl groups excluding tert-OH is 1. The number of carbonyl (C=O) groups excluding carboxylic acids is 2. The van der Waals surface area contributed by atoms with Gasteiger partial charge in [0.2, 0.25) is 0 Å². The summed E-state index contributed by atoms with van der Waals surface area (Å²) in [6, 6.07) is 13.8. The van der Waals surface area contributed by atoms with Crippen molar-refractivity contribution in [1.82, 2.24) is 19.0 Å². The van der Waals surface area contributed by atoms with E-state index in [1.807, 2.05) is 30.7 Å². The lowest BCUT2D eigenvalue weighted by Crippen LogP contribution is -2.44. The van der Waals surface area contributed by atoms with Gasteiger partial charge in [-0.25, -0.2) is 9.78 Å². The third-order valence-corrected chi connectivity index (χ3v) is 7.19. The van der Waals surface area contributed by atoms with Crippen LogP contribution in [0.5, 0.6) is 5.75 Å². The molecule has 2 aromatic heterocycles. The van der Waals surface area contributed by atoms with E-state index >= 15 is 0 Å². The zero-order chi connectivity index (χ0) is 27.0. The number of nitrogens with two attached hydrogens (primary N) is 1. The Bertz CT molecular complexity index is 1510. The number of hydrogen-bond donors (Lipinski definition) is 2. The van der Waals surface area contributed by atoms with Crippen molar-refractivity contribution < 1.29 is 24.2 Å². The van der Waals surface area contributed by atoms with Gasteiger partial charge in [-0.3, -0.25) is 4.79 Å². The van der Waals surface area contributed by atoms with Gasteiger partial charge in [-0.05, 0) is 43.0 Å². The summed E-state index contributed by atoms with van der Waals surface area (Å²) in [6.07, 6.45) is 0.134. The van der Waals surface area contributed by atoms with Crippen LogP contribution in [0.4, 0.5) is 4.79 Å². The van der Waals surface area contributed by atoms with Crippen LogP contribution in [0.1, 0.15) is 30.1 Å². The van der Waals surface area contributed by atoms with Gasteiger partial charge in [0.05, 0.1) is 24.9 Å². The molecule has 200 valence electrons. The zero-order valence-electron chi connectivity index (χ0n) is 21.9. The smallest absolute Gasteiger partial charge is 0.404 e. The molecule has 0 radical (unpaired) electrons. The number of nitrogens with zero attached hydrogens (tertiary/aromatic N) is 4. The molecule has 38 heavy (non-hydrogen) atoms. The molecule has 1 aliphatic rings. The van der Waals surface area contributed by atoms with Crippen LogP contribution < -0.4 is 10.5 Å². The number of ether oxygens (including phenoxy) is 2. The van der Waals surface area contributed by atoms with Crippen molar-refractivity contribution in [3.8, 4) is 17.3 Å². The van der Waals surface area contributed by atoms with Crippen LogP contribution in [0.25, 0.3) is 33.5 Å². The van der Waals surface area contributed by atoms with Crippen molar-refractivity contribution in [1.29, 1.82) is 0 Å². The van der Waals surface area contributed by atoms with E-state index in [2.05, 4.69) is 22.8 Å². The van der Waals surface area contributed by atoms with Gasteiger partial charge in [0.1, 0.15) is 17.4 Å². The normalized spacial score (nSPS) is 16.6. The van der Waals surface area contributed by atoms with E-state index in [0.29, 0.717) is 49.3 Å². The summed E-state index contributed by atoms with van der Waals surface area (Å²) in [5, 5.41) is 10.8. The summed E-state index contributed by atoms with van der Waals surface area (Å²) >= 11 is 0. The van der Waals surface area contributed by atoms with Crippen molar-refractivity contribution in [2.75, 3.05) is 26.8 Å². The molecule has 1 saturated heterocycles. The average molecular weight is 520 g/mol. The number of hydrogen-bond acceptors (Lipinski definition) is 6. The lowest BCUT2D eigenvalue weighted by Gasteiger charge is -2.32. The van der Waals surface area contributed by atoms with Crippen LogP contribution >= 0.6 is 0 Å². The molecule has 2 unspecified atom stereocenters. The highest BCUT2D eigenvalue weighted by Crippen LogP contribution is 2.35. The van der Waals surface area contributed by atoms with Gasteiger partial charge in [0.25, 0.3) is 5.91 Å². The molecule has 0 bridgehead atoms. The van der Waals surface area contributed by atoms with E-state index in [4.69, 9.17) is 20.2 Å². The molecular weight excluding hydrogens is 486 g/mol. The molecule has 4 aromatic rings. The van der Waals surface area contributed by atoms with Crippen LogP contribution in [0.15, 0.2) is 42.5 Å². The highest BCUT2D eigenvalue weighted by atomic mass is 16.6. The maximum atomic E-state index is 13.5. The van der Waals surface area contributed by atoms with E-state index in [1.165, 1.54) is 0 Å². The Kier molecular flexibility index (Phi) is 6.98. The van der Waals surface area contributed by atoms with E-state index in [9.17, 15) is 14.7 Å². The molecule has 2 amide bonds. The highest BCUT2D eigenvalue weighted by Gasteiger charge is 2.28. The number of para-hydroxylation sites is 1. The summed E-state index contributed by atoms with van der Waals surface area (Å²) in [7, 11) is 3.51.